The van der Waals surface area contributed by atoms with Gasteiger partial charge >= 0.3 is 0 Å². The fourth-order valence-electron chi connectivity index (χ4n) is 1.67. The predicted molar refractivity (Wildman–Crippen MR) is 71.8 cm³/mol. The van der Waals surface area contributed by atoms with Gasteiger partial charge in [-0.1, -0.05) is 18.6 Å². The summed E-state index contributed by atoms with van der Waals surface area (Å²) in [7, 11) is 1.66. The first-order chi connectivity index (χ1) is 8.72. The van der Waals surface area contributed by atoms with Crippen molar-refractivity contribution in [1.82, 2.24) is 0 Å². The minimum atomic E-state index is 0.272. The molecule has 0 radical (unpaired) electrons. The number of hydrogen-bond acceptors (Lipinski definition) is 3. The Morgan fingerprint density at radius 1 is 1.11 bits per heavy atom. The monoisotopic (exact) mass is 250 g/mol. The van der Waals surface area contributed by atoms with Crippen molar-refractivity contribution in [3.8, 4) is 5.75 Å². The van der Waals surface area contributed by atoms with E-state index >= 15 is 0 Å². The number of unbranched alkanes of at least 4 members (excludes halogenated alkanes) is 2. The Morgan fingerprint density at radius 3 is 2.44 bits per heavy atom. The highest BCUT2D eigenvalue weighted by Gasteiger charge is 1.96. The first kappa shape index (κ1) is 14.7. The van der Waals surface area contributed by atoms with Crippen LogP contribution in [0.4, 0.5) is 0 Å². The van der Waals surface area contributed by atoms with E-state index in [1.54, 1.807) is 14.0 Å². The fraction of sp³-hybridized carbons (Fsp3) is 0.533. The van der Waals surface area contributed by atoms with Crippen LogP contribution in [0.1, 0.15) is 38.2 Å². The summed E-state index contributed by atoms with van der Waals surface area (Å²) in [5.74, 6) is 1.14. The summed E-state index contributed by atoms with van der Waals surface area (Å²) in [4.78, 5) is 10.7. The van der Waals surface area contributed by atoms with Crippen LogP contribution in [-0.4, -0.2) is 19.5 Å². The molecule has 18 heavy (non-hydrogen) atoms. The summed E-state index contributed by atoms with van der Waals surface area (Å²) in [6.07, 6.45) is 3.74. The molecule has 1 rings (SSSR count). The lowest BCUT2D eigenvalue weighted by Crippen LogP contribution is -1.96. The second-order valence-electron chi connectivity index (χ2n) is 4.41. The Labute approximate surface area is 109 Å². The van der Waals surface area contributed by atoms with Crippen molar-refractivity contribution in [2.24, 2.45) is 0 Å². The molecule has 0 saturated carbocycles. The van der Waals surface area contributed by atoms with Gasteiger partial charge in [0, 0.05) is 13.0 Å². The van der Waals surface area contributed by atoms with Gasteiger partial charge in [-0.05, 0) is 37.5 Å². The number of rotatable bonds is 9. The van der Waals surface area contributed by atoms with Gasteiger partial charge in [-0.2, -0.15) is 0 Å². The molecule has 0 aromatic heterocycles. The molecule has 0 heterocycles. The summed E-state index contributed by atoms with van der Waals surface area (Å²) in [6.45, 7) is 3.03. The van der Waals surface area contributed by atoms with Gasteiger partial charge < -0.3 is 14.3 Å². The molecule has 0 aliphatic rings. The topological polar surface area (TPSA) is 35.5 Å². The second kappa shape index (κ2) is 8.70. The quantitative estimate of drug-likeness (QED) is 0.630. The highest BCUT2D eigenvalue weighted by molar-refractivity contribution is 5.75. The number of ether oxygens (including phenoxy) is 2. The minimum absolute atomic E-state index is 0.272. The predicted octanol–water partition coefficient (Wildman–Crippen LogP) is 3.36. The summed E-state index contributed by atoms with van der Waals surface area (Å²) in [5, 5.41) is 0. The van der Waals surface area contributed by atoms with Gasteiger partial charge in [-0.25, -0.2) is 0 Å². The van der Waals surface area contributed by atoms with Crippen molar-refractivity contribution in [2.75, 3.05) is 13.7 Å². The maximum Gasteiger partial charge on any atom is 0.129 e. The zero-order valence-electron chi connectivity index (χ0n) is 11.3. The number of carbonyl (C=O) groups excluding carboxylic acids is 1. The summed E-state index contributed by atoms with van der Waals surface area (Å²) >= 11 is 0. The second-order valence-corrected chi connectivity index (χ2v) is 4.41. The van der Waals surface area contributed by atoms with Crippen LogP contribution in [0.2, 0.25) is 0 Å². The fourth-order valence-corrected chi connectivity index (χ4v) is 1.67. The van der Waals surface area contributed by atoms with Crippen molar-refractivity contribution in [2.45, 2.75) is 39.2 Å². The smallest absolute Gasteiger partial charge is 0.129 e. The molecule has 3 heteroatoms. The van der Waals surface area contributed by atoms with Crippen LogP contribution in [0.5, 0.6) is 5.75 Å². The molecule has 1 aromatic rings. The van der Waals surface area contributed by atoms with Crippen LogP contribution in [-0.2, 0) is 16.1 Å². The first-order valence-electron chi connectivity index (χ1n) is 6.42. The zero-order valence-corrected chi connectivity index (χ0v) is 11.3. The van der Waals surface area contributed by atoms with E-state index in [1.807, 2.05) is 24.3 Å². The molecule has 0 fully saturated rings. The maximum atomic E-state index is 10.7. The standard InChI is InChI=1S/C15H22O3/c1-13(16)6-4-3-5-11-18-12-14-7-9-15(17-2)10-8-14/h7-10H,3-6,11-12H2,1-2H3. The summed E-state index contributed by atoms with van der Waals surface area (Å²) in [5.41, 5.74) is 1.15. The van der Waals surface area contributed by atoms with Crippen LogP contribution in [0.15, 0.2) is 24.3 Å². The highest BCUT2D eigenvalue weighted by atomic mass is 16.5. The normalized spacial score (nSPS) is 10.3. The Bertz CT molecular complexity index is 343. The third-order valence-corrected chi connectivity index (χ3v) is 2.75. The van der Waals surface area contributed by atoms with Crippen molar-refractivity contribution < 1.29 is 14.3 Å². The number of Topliss-reactive ketones (excluding diaryl/α,β-unsaturated/α-hetero) is 1. The number of carbonyl (C=O) groups is 1. The maximum absolute atomic E-state index is 10.7. The Hall–Kier alpha value is -1.35. The van der Waals surface area contributed by atoms with E-state index in [0.717, 1.165) is 37.2 Å². The Morgan fingerprint density at radius 2 is 1.83 bits per heavy atom. The van der Waals surface area contributed by atoms with E-state index in [4.69, 9.17) is 9.47 Å². The number of benzene rings is 1. The van der Waals surface area contributed by atoms with E-state index in [-0.39, 0.29) is 5.78 Å². The molecule has 0 N–H and O–H groups in total. The van der Waals surface area contributed by atoms with E-state index in [0.29, 0.717) is 13.0 Å². The Kier molecular flexibility index (Phi) is 7.11. The van der Waals surface area contributed by atoms with Crippen molar-refractivity contribution in [3.05, 3.63) is 29.8 Å². The summed E-state index contributed by atoms with van der Waals surface area (Å²) < 4.78 is 10.7. The van der Waals surface area contributed by atoms with Gasteiger partial charge in [0.2, 0.25) is 0 Å². The van der Waals surface area contributed by atoms with Crippen molar-refractivity contribution in [3.63, 3.8) is 0 Å². The molecule has 0 amide bonds. The van der Waals surface area contributed by atoms with E-state index < -0.39 is 0 Å². The number of hydrogen-bond donors (Lipinski definition) is 0. The molecule has 3 nitrogen and oxygen atoms in total. The first-order valence-corrected chi connectivity index (χ1v) is 6.42. The average Bonchev–Trinajstić information content (AvgIpc) is 2.38. The molecular weight excluding hydrogens is 228 g/mol. The molecule has 1 aromatic carbocycles. The van der Waals surface area contributed by atoms with Gasteiger partial charge in [0.05, 0.1) is 13.7 Å². The van der Waals surface area contributed by atoms with Crippen LogP contribution in [0.3, 0.4) is 0 Å². The van der Waals surface area contributed by atoms with E-state index in [2.05, 4.69) is 0 Å². The third-order valence-electron chi connectivity index (χ3n) is 2.75. The van der Waals surface area contributed by atoms with Crippen LogP contribution in [0, 0.1) is 0 Å². The molecule has 0 spiro atoms. The number of methoxy groups -OCH3 is 1. The molecule has 0 bridgehead atoms. The highest BCUT2D eigenvalue weighted by Crippen LogP contribution is 2.12. The van der Waals surface area contributed by atoms with Gasteiger partial charge in [0.25, 0.3) is 0 Å². The number of ketones is 1. The zero-order chi connectivity index (χ0) is 13.2. The molecule has 0 aliphatic carbocycles. The van der Waals surface area contributed by atoms with Crippen LogP contribution >= 0.6 is 0 Å². The molecule has 0 unspecified atom stereocenters. The van der Waals surface area contributed by atoms with Crippen molar-refractivity contribution in [1.29, 1.82) is 0 Å². The van der Waals surface area contributed by atoms with Crippen LogP contribution < -0.4 is 4.74 Å². The molecule has 100 valence electrons. The lowest BCUT2D eigenvalue weighted by atomic mass is 10.1. The average molecular weight is 250 g/mol. The van der Waals surface area contributed by atoms with Gasteiger partial charge in [-0.3, -0.25) is 0 Å². The third kappa shape index (κ3) is 6.40. The van der Waals surface area contributed by atoms with Gasteiger partial charge in [0.1, 0.15) is 11.5 Å². The SMILES string of the molecule is COc1ccc(COCCCCCC(C)=O)cc1. The molecule has 0 saturated heterocycles. The van der Waals surface area contributed by atoms with E-state index in [1.165, 1.54) is 0 Å². The van der Waals surface area contributed by atoms with Crippen molar-refractivity contribution >= 4 is 5.78 Å². The van der Waals surface area contributed by atoms with E-state index in [9.17, 15) is 4.79 Å². The lowest BCUT2D eigenvalue weighted by molar-refractivity contribution is -0.117. The van der Waals surface area contributed by atoms with Gasteiger partial charge in [-0.15, -0.1) is 0 Å². The molecular formula is C15H22O3. The van der Waals surface area contributed by atoms with Crippen LogP contribution in [0.25, 0.3) is 0 Å². The largest absolute Gasteiger partial charge is 0.497 e. The molecule has 0 atom stereocenters. The summed E-state index contributed by atoms with van der Waals surface area (Å²) in [6, 6.07) is 7.89. The molecule has 0 aliphatic heterocycles. The minimum Gasteiger partial charge on any atom is -0.497 e. The Balaban J connectivity index is 2.05. The van der Waals surface area contributed by atoms with Gasteiger partial charge in [0.15, 0.2) is 0 Å². The lowest BCUT2D eigenvalue weighted by Gasteiger charge is -2.05.